The molecule has 334 valence electrons. The Morgan fingerprint density at radius 3 is 1.59 bits per heavy atom. The molecule has 58 heavy (non-hydrogen) atoms. The highest BCUT2D eigenvalue weighted by Gasteiger charge is 2.44. The zero-order valence-electron chi connectivity index (χ0n) is 36.5. The van der Waals surface area contributed by atoms with Crippen molar-refractivity contribution in [1.82, 2.24) is 0 Å². The van der Waals surface area contributed by atoms with Gasteiger partial charge in [-0.3, -0.25) is 4.79 Å². The fourth-order valence-electron chi connectivity index (χ4n) is 6.51. The van der Waals surface area contributed by atoms with Gasteiger partial charge in [0.05, 0.1) is 19.8 Å². The molecule has 9 nitrogen and oxygen atoms in total. The molecule has 4 N–H and O–H groups in total. The topological polar surface area (TPSA) is 135 Å². The lowest BCUT2D eigenvalue weighted by molar-refractivity contribution is -0.305. The van der Waals surface area contributed by atoms with E-state index in [0.717, 1.165) is 96.3 Å². The molecule has 6 atom stereocenters. The van der Waals surface area contributed by atoms with Gasteiger partial charge < -0.3 is 39.4 Å². The minimum absolute atomic E-state index is 0.120. The molecule has 6 unspecified atom stereocenters. The molecular formula is C49H84O9. The average molecular weight is 817 g/mol. The van der Waals surface area contributed by atoms with Crippen LogP contribution in [-0.2, 0) is 23.7 Å². The Morgan fingerprint density at radius 2 is 1.05 bits per heavy atom. The Labute approximate surface area is 353 Å². The van der Waals surface area contributed by atoms with Crippen molar-refractivity contribution in [1.29, 1.82) is 0 Å². The largest absolute Gasteiger partial charge is 0.457 e. The van der Waals surface area contributed by atoms with Gasteiger partial charge in [0.2, 0.25) is 0 Å². The fourth-order valence-corrected chi connectivity index (χ4v) is 6.51. The molecule has 1 saturated heterocycles. The van der Waals surface area contributed by atoms with Crippen LogP contribution >= 0.6 is 0 Å². The van der Waals surface area contributed by atoms with Crippen LogP contribution in [0.5, 0.6) is 0 Å². The van der Waals surface area contributed by atoms with Crippen molar-refractivity contribution in [3.05, 3.63) is 72.9 Å². The molecule has 1 fully saturated rings. The number of rotatable bonds is 38. The minimum atomic E-state index is -1.55. The summed E-state index contributed by atoms with van der Waals surface area (Å²) < 4.78 is 22.8. The third kappa shape index (κ3) is 30.6. The maximum absolute atomic E-state index is 12.8. The average Bonchev–Trinajstić information content (AvgIpc) is 3.22. The second-order valence-electron chi connectivity index (χ2n) is 15.5. The second-order valence-corrected chi connectivity index (χ2v) is 15.5. The van der Waals surface area contributed by atoms with Gasteiger partial charge in [-0.15, -0.1) is 0 Å². The highest BCUT2D eigenvalue weighted by atomic mass is 16.7. The Hall–Kier alpha value is -2.37. The van der Waals surface area contributed by atoms with E-state index >= 15 is 0 Å². The lowest BCUT2D eigenvalue weighted by Crippen LogP contribution is -2.59. The molecular weight excluding hydrogens is 733 g/mol. The summed E-state index contributed by atoms with van der Waals surface area (Å²) in [7, 11) is 0. The maximum Gasteiger partial charge on any atom is 0.306 e. The first-order chi connectivity index (χ1) is 28.4. The number of carbonyl (C=O) groups is 1. The molecule has 0 aromatic rings. The smallest absolute Gasteiger partial charge is 0.306 e. The second kappa shape index (κ2) is 40.1. The first-order valence-electron chi connectivity index (χ1n) is 23.0. The Morgan fingerprint density at radius 1 is 0.569 bits per heavy atom. The summed E-state index contributed by atoms with van der Waals surface area (Å²) in [5, 5.41) is 40.1. The van der Waals surface area contributed by atoms with Gasteiger partial charge in [0.25, 0.3) is 0 Å². The zero-order valence-corrected chi connectivity index (χ0v) is 36.5. The fraction of sp³-hybridized carbons (Fsp3) is 0.735. The van der Waals surface area contributed by atoms with E-state index in [0.29, 0.717) is 13.0 Å². The van der Waals surface area contributed by atoms with E-state index < -0.39 is 43.4 Å². The number of allylic oxidation sites excluding steroid dienone is 12. The molecule has 0 amide bonds. The zero-order chi connectivity index (χ0) is 42.2. The summed E-state index contributed by atoms with van der Waals surface area (Å²) in [6.45, 7) is 4.35. The van der Waals surface area contributed by atoms with E-state index in [-0.39, 0.29) is 19.2 Å². The molecule has 9 heteroatoms. The number of unbranched alkanes of at least 4 members (excludes halogenated alkanes) is 15. The SMILES string of the molecule is CC/C=C\C/C=C\C/C=C\CCCCCCOCC(COC1OC(CO)C(O)C(O)C1O)OC(=O)CCCCCCCC/C=C\C/C=C\C/C=C\CCCCCCC. The first kappa shape index (κ1) is 53.6. The van der Waals surface area contributed by atoms with Crippen molar-refractivity contribution < 1.29 is 44.2 Å². The number of aliphatic hydroxyl groups excluding tert-OH is 4. The molecule has 1 rings (SSSR count). The van der Waals surface area contributed by atoms with E-state index in [1.165, 1.54) is 51.4 Å². The quantitative estimate of drug-likeness (QED) is 0.0273. The predicted octanol–water partition coefficient (Wildman–Crippen LogP) is 10.5. The highest BCUT2D eigenvalue weighted by molar-refractivity contribution is 5.69. The molecule has 0 radical (unpaired) electrons. The number of hydrogen-bond acceptors (Lipinski definition) is 9. The number of hydrogen-bond donors (Lipinski definition) is 4. The van der Waals surface area contributed by atoms with Crippen LogP contribution in [0.2, 0.25) is 0 Å². The minimum Gasteiger partial charge on any atom is -0.457 e. The first-order valence-corrected chi connectivity index (χ1v) is 23.0. The summed E-state index contributed by atoms with van der Waals surface area (Å²) in [4.78, 5) is 12.8. The molecule has 0 spiro atoms. The van der Waals surface area contributed by atoms with Crippen molar-refractivity contribution in [2.45, 2.75) is 205 Å². The van der Waals surface area contributed by atoms with Crippen molar-refractivity contribution in [3.8, 4) is 0 Å². The molecule has 1 aliphatic rings. The summed E-state index contributed by atoms with van der Waals surface area (Å²) in [6.07, 6.45) is 45.0. The highest BCUT2D eigenvalue weighted by Crippen LogP contribution is 2.22. The summed E-state index contributed by atoms with van der Waals surface area (Å²) in [6, 6.07) is 0. The lowest BCUT2D eigenvalue weighted by atomic mass is 9.99. The van der Waals surface area contributed by atoms with Crippen LogP contribution in [0.1, 0.15) is 168 Å². The van der Waals surface area contributed by atoms with Crippen LogP contribution in [0.15, 0.2) is 72.9 Å². The summed E-state index contributed by atoms with van der Waals surface area (Å²) in [5.41, 5.74) is 0. The van der Waals surface area contributed by atoms with Gasteiger partial charge in [-0.05, 0) is 83.5 Å². The molecule has 0 aromatic heterocycles. The number of ether oxygens (including phenoxy) is 4. The van der Waals surface area contributed by atoms with Gasteiger partial charge in [0.1, 0.15) is 30.5 Å². The van der Waals surface area contributed by atoms with E-state index in [9.17, 15) is 25.2 Å². The van der Waals surface area contributed by atoms with Crippen molar-refractivity contribution in [2.24, 2.45) is 0 Å². The van der Waals surface area contributed by atoms with Gasteiger partial charge in [-0.2, -0.15) is 0 Å². The Balaban J connectivity index is 2.28. The van der Waals surface area contributed by atoms with Gasteiger partial charge in [-0.1, -0.05) is 151 Å². The number of aliphatic hydroxyl groups is 4. The van der Waals surface area contributed by atoms with E-state index in [4.69, 9.17) is 18.9 Å². The van der Waals surface area contributed by atoms with Crippen LogP contribution in [-0.4, -0.2) is 89.6 Å². The standard InChI is InChI=1S/C49H84O9/c1-3-5-7-9-11-13-15-17-19-20-21-22-23-24-25-26-28-30-32-34-36-38-45(51)57-43(42-56-49-48(54)47(53)46(52)44(40-50)58-49)41-55-39-37-35-33-31-29-27-18-16-14-12-10-8-6-4-2/h6,8,12,14-15,17-18,20-21,23-24,27,43-44,46-50,52-54H,3-5,7,9-11,13,16,19,22,25-26,28-42H2,1-2H3/b8-6-,14-12-,17-15-,21-20-,24-23-,27-18-. The van der Waals surface area contributed by atoms with Crippen molar-refractivity contribution >= 4 is 5.97 Å². The molecule has 0 aliphatic carbocycles. The van der Waals surface area contributed by atoms with Gasteiger partial charge >= 0.3 is 5.97 Å². The van der Waals surface area contributed by atoms with Gasteiger partial charge in [0, 0.05) is 13.0 Å². The van der Waals surface area contributed by atoms with Crippen LogP contribution in [0.3, 0.4) is 0 Å². The predicted molar refractivity (Wildman–Crippen MR) is 237 cm³/mol. The molecule has 0 saturated carbocycles. The third-order valence-electron chi connectivity index (χ3n) is 10.1. The van der Waals surface area contributed by atoms with E-state index in [1.807, 2.05) is 0 Å². The molecule has 0 aromatic carbocycles. The van der Waals surface area contributed by atoms with Crippen molar-refractivity contribution in [2.75, 3.05) is 26.4 Å². The third-order valence-corrected chi connectivity index (χ3v) is 10.1. The van der Waals surface area contributed by atoms with Crippen LogP contribution in [0.4, 0.5) is 0 Å². The summed E-state index contributed by atoms with van der Waals surface area (Å²) in [5.74, 6) is -0.337. The normalized spacial score (nSPS) is 21.0. The number of carbonyl (C=O) groups excluding carboxylic acids is 1. The Bertz CT molecular complexity index is 1110. The summed E-state index contributed by atoms with van der Waals surface area (Å²) >= 11 is 0. The molecule has 0 bridgehead atoms. The van der Waals surface area contributed by atoms with Crippen LogP contribution < -0.4 is 0 Å². The van der Waals surface area contributed by atoms with Crippen LogP contribution in [0.25, 0.3) is 0 Å². The van der Waals surface area contributed by atoms with Gasteiger partial charge in [0.15, 0.2) is 6.29 Å². The Kier molecular flexibility index (Phi) is 37.1. The maximum atomic E-state index is 12.8. The van der Waals surface area contributed by atoms with E-state index in [1.54, 1.807) is 0 Å². The number of esters is 1. The van der Waals surface area contributed by atoms with Crippen LogP contribution in [0, 0.1) is 0 Å². The van der Waals surface area contributed by atoms with Gasteiger partial charge in [-0.25, -0.2) is 0 Å². The van der Waals surface area contributed by atoms with Crippen molar-refractivity contribution in [3.63, 3.8) is 0 Å². The van der Waals surface area contributed by atoms with E-state index in [2.05, 4.69) is 86.8 Å². The lowest BCUT2D eigenvalue weighted by Gasteiger charge is -2.39. The molecule has 1 heterocycles. The monoisotopic (exact) mass is 817 g/mol. The molecule has 1 aliphatic heterocycles.